The van der Waals surface area contributed by atoms with Crippen LogP contribution in [0, 0.1) is 0 Å². The number of carbonyl (C=O) groups is 1. The van der Waals surface area contributed by atoms with Gasteiger partial charge in [0.05, 0.1) is 0 Å². The molecule has 1 rings (SSSR count). The van der Waals surface area contributed by atoms with E-state index in [0.717, 1.165) is 5.56 Å². The van der Waals surface area contributed by atoms with Crippen LogP contribution in [0.4, 0.5) is 4.79 Å². The van der Waals surface area contributed by atoms with Crippen LogP contribution in [0.3, 0.4) is 0 Å². The summed E-state index contributed by atoms with van der Waals surface area (Å²) in [6.07, 6.45) is -3.29. The van der Waals surface area contributed by atoms with Gasteiger partial charge >= 0.3 is 6.09 Å². The third-order valence-electron chi connectivity index (χ3n) is 3.43. The van der Waals surface area contributed by atoms with Crippen LogP contribution in [0.15, 0.2) is 18.2 Å². The summed E-state index contributed by atoms with van der Waals surface area (Å²) in [6.45, 7) is 11.0. The van der Waals surface area contributed by atoms with E-state index >= 15 is 0 Å². The molecule has 0 aliphatic rings. The predicted molar refractivity (Wildman–Crippen MR) is 92.0 cm³/mol. The molecule has 0 aromatic heterocycles. The van der Waals surface area contributed by atoms with Crippen molar-refractivity contribution < 1.29 is 24.9 Å². The quantitative estimate of drug-likeness (QED) is 0.676. The Morgan fingerprint density at radius 2 is 1.75 bits per heavy atom. The normalized spacial score (nSPS) is 14.8. The summed E-state index contributed by atoms with van der Waals surface area (Å²) >= 11 is 0. The van der Waals surface area contributed by atoms with E-state index in [1.165, 1.54) is 6.07 Å². The van der Waals surface area contributed by atoms with Gasteiger partial charge in [0.2, 0.25) is 0 Å². The number of rotatable bonds is 4. The van der Waals surface area contributed by atoms with Gasteiger partial charge < -0.3 is 25.4 Å². The van der Waals surface area contributed by atoms with Crippen LogP contribution < -0.4 is 5.32 Å². The maximum absolute atomic E-state index is 11.6. The number of phenolic OH excluding ortho intramolecular Hbond substituents is 1. The van der Waals surface area contributed by atoms with Crippen molar-refractivity contribution in [2.75, 3.05) is 6.54 Å². The average molecular weight is 339 g/mol. The number of aliphatic hydroxyl groups is 2. The Morgan fingerprint density at radius 3 is 2.25 bits per heavy atom. The van der Waals surface area contributed by atoms with E-state index in [1.807, 2.05) is 20.8 Å². The summed E-state index contributed by atoms with van der Waals surface area (Å²) in [4.78, 5) is 11.6. The van der Waals surface area contributed by atoms with Crippen LogP contribution in [0.25, 0.3) is 0 Å². The number of nitrogens with one attached hydrogen (secondary N) is 1. The van der Waals surface area contributed by atoms with Crippen LogP contribution >= 0.6 is 0 Å². The number of aliphatic hydroxyl groups excluding tert-OH is 2. The molecule has 2 unspecified atom stereocenters. The lowest BCUT2D eigenvalue weighted by Gasteiger charge is -2.24. The van der Waals surface area contributed by atoms with Crippen LogP contribution in [0.2, 0.25) is 0 Å². The summed E-state index contributed by atoms with van der Waals surface area (Å²) in [5.74, 6) is -0.105. The summed E-state index contributed by atoms with van der Waals surface area (Å²) < 4.78 is 5.07. The second-order valence-electron chi connectivity index (χ2n) is 7.92. The fourth-order valence-corrected chi connectivity index (χ4v) is 2.08. The zero-order valence-corrected chi connectivity index (χ0v) is 15.3. The van der Waals surface area contributed by atoms with Gasteiger partial charge in [-0.3, -0.25) is 0 Å². The average Bonchev–Trinajstić information content (AvgIpc) is 2.41. The number of hydrogen-bond acceptors (Lipinski definition) is 5. The molecule has 0 bridgehead atoms. The Morgan fingerprint density at radius 1 is 1.17 bits per heavy atom. The molecule has 1 aromatic rings. The van der Waals surface area contributed by atoms with Gasteiger partial charge in [-0.05, 0) is 43.9 Å². The lowest BCUT2D eigenvalue weighted by Crippen LogP contribution is -2.38. The van der Waals surface area contributed by atoms with Crippen molar-refractivity contribution in [1.82, 2.24) is 5.32 Å². The number of alkyl carbamates (subject to hydrolysis) is 1. The van der Waals surface area contributed by atoms with Crippen molar-refractivity contribution >= 4 is 6.09 Å². The van der Waals surface area contributed by atoms with Gasteiger partial charge in [-0.1, -0.05) is 26.8 Å². The third-order valence-corrected chi connectivity index (χ3v) is 3.43. The molecule has 24 heavy (non-hydrogen) atoms. The third kappa shape index (κ3) is 6.02. The molecular weight excluding hydrogens is 310 g/mol. The highest BCUT2D eigenvalue weighted by Crippen LogP contribution is 2.32. The van der Waals surface area contributed by atoms with Gasteiger partial charge in [-0.15, -0.1) is 0 Å². The zero-order chi connectivity index (χ0) is 18.7. The maximum atomic E-state index is 11.6. The van der Waals surface area contributed by atoms with Crippen molar-refractivity contribution in [2.24, 2.45) is 0 Å². The van der Waals surface area contributed by atoms with Crippen molar-refractivity contribution in [3.63, 3.8) is 0 Å². The minimum Gasteiger partial charge on any atom is -0.508 e. The molecule has 4 N–H and O–H groups in total. The number of ether oxygens (including phenoxy) is 1. The minimum absolute atomic E-state index is 0.105. The molecule has 0 saturated carbocycles. The molecule has 0 heterocycles. The van der Waals surface area contributed by atoms with Crippen molar-refractivity contribution in [3.05, 3.63) is 29.3 Å². The van der Waals surface area contributed by atoms with E-state index < -0.39 is 23.9 Å². The topological polar surface area (TPSA) is 99.0 Å². The molecule has 136 valence electrons. The minimum atomic E-state index is -1.33. The fourth-order valence-electron chi connectivity index (χ4n) is 2.08. The van der Waals surface area contributed by atoms with Crippen LogP contribution in [-0.2, 0) is 10.2 Å². The summed E-state index contributed by atoms with van der Waals surface area (Å²) in [6, 6.07) is 4.93. The van der Waals surface area contributed by atoms with Gasteiger partial charge in [0.1, 0.15) is 23.6 Å². The molecule has 0 radical (unpaired) electrons. The van der Waals surface area contributed by atoms with Gasteiger partial charge in [0.15, 0.2) is 0 Å². The Kier molecular flexibility index (Phi) is 6.25. The Labute approximate surface area is 143 Å². The molecule has 0 aliphatic carbocycles. The number of carbonyl (C=O) groups excluding carboxylic acids is 1. The van der Waals surface area contributed by atoms with Crippen LogP contribution in [0.1, 0.15) is 58.8 Å². The first-order valence-corrected chi connectivity index (χ1v) is 7.97. The fraction of sp³-hybridized carbons (Fsp3) is 0.611. The standard InChI is InChI=1S/C18H29NO5/c1-17(2,3)11-7-8-13(20)12(9-11)15(22)14(21)10-19-16(23)24-18(4,5)6/h7-9,14-15,20-22H,10H2,1-6H3,(H,19,23). The van der Waals surface area contributed by atoms with Crippen molar-refractivity contribution in [2.45, 2.75) is 64.8 Å². The monoisotopic (exact) mass is 339 g/mol. The van der Waals surface area contributed by atoms with Crippen LogP contribution in [-0.4, -0.2) is 39.7 Å². The first kappa shape index (κ1) is 20.3. The molecule has 1 amide bonds. The molecule has 0 saturated heterocycles. The van der Waals surface area contributed by atoms with Crippen molar-refractivity contribution in [1.29, 1.82) is 0 Å². The number of aromatic hydroxyl groups is 1. The molecule has 0 fully saturated rings. The Hall–Kier alpha value is -1.79. The first-order chi connectivity index (χ1) is 10.8. The van der Waals surface area contributed by atoms with E-state index in [2.05, 4.69) is 5.32 Å². The molecule has 0 spiro atoms. The van der Waals surface area contributed by atoms with Gasteiger partial charge in [0.25, 0.3) is 0 Å². The number of phenols is 1. The summed E-state index contributed by atoms with van der Waals surface area (Å²) in [5.41, 5.74) is 0.331. The van der Waals surface area contributed by atoms with E-state index in [4.69, 9.17) is 4.74 Å². The van der Waals surface area contributed by atoms with Gasteiger partial charge in [-0.25, -0.2) is 4.79 Å². The Bertz CT molecular complexity index is 572. The summed E-state index contributed by atoms with van der Waals surface area (Å²) in [5, 5.41) is 32.8. The highest BCUT2D eigenvalue weighted by atomic mass is 16.6. The molecular formula is C18H29NO5. The molecule has 0 aliphatic heterocycles. The molecule has 6 nitrogen and oxygen atoms in total. The van der Waals surface area contributed by atoms with E-state index in [9.17, 15) is 20.1 Å². The number of benzene rings is 1. The highest BCUT2D eigenvalue weighted by molar-refractivity contribution is 5.67. The largest absolute Gasteiger partial charge is 0.508 e. The van der Waals surface area contributed by atoms with E-state index in [0.29, 0.717) is 0 Å². The number of hydrogen-bond donors (Lipinski definition) is 4. The van der Waals surface area contributed by atoms with Crippen LogP contribution in [0.5, 0.6) is 5.75 Å². The van der Waals surface area contributed by atoms with E-state index in [1.54, 1.807) is 32.9 Å². The molecule has 1 aromatic carbocycles. The SMILES string of the molecule is CC(C)(C)OC(=O)NCC(O)C(O)c1cc(C(C)(C)C)ccc1O. The van der Waals surface area contributed by atoms with Gasteiger partial charge in [-0.2, -0.15) is 0 Å². The smallest absolute Gasteiger partial charge is 0.407 e. The van der Waals surface area contributed by atoms with Gasteiger partial charge in [0, 0.05) is 12.1 Å². The van der Waals surface area contributed by atoms with E-state index in [-0.39, 0.29) is 23.3 Å². The molecule has 6 heteroatoms. The second kappa shape index (κ2) is 7.40. The highest BCUT2D eigenvalue weighted by Gasteiger charge is 2.25. The maximum Gasteiger partial charge on any atom is 0.407 e. The van der Waals surface area contributed by atoms with Crippen molar-refractivity contribution in [3.8, 4) is 5.75 Å². The predicted octanol–water partition coefficient (Wildman–Crippen LogP) is 2.61. The summed E-state index contributed by atoms with van der Waals surface area (Å²) in [7, 11) is 0. The first-order valence-electron chi connectivity index (χ1n) is 7.97. The lowest BCUT2D eigenvalue weighted by atomic mass is 9.85. The molecule has 2 atom stereocenters. The lowest BCUT2D eigenvalue weighted by molar-refractivity contribution is 0.0119. The number of amides is 1. The zero-order valence-electron chi connectivity index (χ0n) is 15.3. The second-order valence-corrected chi connectivity index (χ2v) is 7.92. The Balaban J connectivity index is 2.79.